The fourth-order valence-electron chi connectivity index (χ4n) is 1.97. The molecule has 1 aliphatic heterocycles. The van der Waals surface area contributed by atoms with E-state index in [1.807, 2.05) is 0 Å². The molecule has 16 heavy (non-hydrogen) atoms. The van der Waals surface area contributed by atoms with E-state index in [9.17, 15) is 0 Å². The number of hydrogen-bond acceptors (Lipinski definition) is 2. The van der Waals surface area contributed by atoms with Crippen molar-refractivity contribution in [3.63, 3.8) is 0 Å². The molecular formula is C11H17Cl2NS2. The molecule has 1 heterocycles. The number of halogens is 2. The van der Waals surface area contributed by atoms with Crippen LogP contribution in [0.2, 0.25) is 0 Å². The van der Waals surface area contributed by atoms with Gasteiger partial charge in [0.1, 0.15) is 8.65 Å². The lowest BCUT2D eigenvalue weighted by atomic mass is 10.2. The summed E-state index contributed by atoms with van der Waals surface area (Å²) in [5, 5.41) is 0. The van der Waals surface area contributed by atoms with Crippen LogP contribution in [-0.4, -0.2) is 32.4 Å². The van der Waals surface area contributed by atoms with E-state index in [1.54, 1.807) is 11.8 Å². The molecule has 1 atom stereocenters. The number of rotatable bonds is 2. The molecule has 2 aliphatic rings. The fourth-order valence-corrected chi connectivity index (χ4v) is 4.17. The first-order chi connectivity index (χ1) is 7.59. The van der Waals surface area contributed by atoms with E-state index in [0.717, 1.165) is 29.6 Å². The summed E-state index contributed by atoms with van der Waals surface area (Å²) in [4.78, 5) is 2.35. The first-order valence-corrected chi connectivity index (χ1v) is 8.04. The average molecular weight is 298 g/mol. The normalized spacial score (nSPS) is 28.6. The summed E-state index contributed by atoms with van der Waals surface area (Å²) in [6.45, 7) is 2.26. The third-order valence-corrected chi connectivity index (χ3v) is 5.84. The Labute approximate surface area is 117 Å². The second-order valence-electron chi connectivity index (χ2n) is 4.64. The average Bonchev–Trinajstić information content (AvgIpc) is 2.92. The Morgan fingerprint density at radius 2 is 1.81 bits per heavy atom. The second-order valence-corrected chi connectivity index (χ2v) is 7.84. The van der Waals surface area contributed by atoms with Gasteiger partial charge in [-0.25, -0.2) is 0 Å². The number of likely N-dealkylation sites (tertiary alicyclic amines) is 1. The van der Waals surface area contributed by atoms with Crippen molar-refractivity contribution in [2.75, 3.05) is 18.8 Å². The largest absolute Gasteiger partial charge is 0.358 e. The molecule has 0 aromatic heterocycles. The summed E-state index contributed by atoms with van der Waals surface area (Å²) in [5.41, 5.74) is 0. The van der Waals surface area contributed by atoms with E-state index >= 15 is 0 Å². The van der Waals surface area contributed by atoms with E-state index < -0.39 is 4.33 Å². The second kappa shape index (κ2) is 5.64. The molecule has 0 amide bonds. The SMILES string of the molecule is S=C(SCC1CC1(Cl)Cl)N1CCCCCC1. The van der Waals surface area contributed by atoms with Gasteiger partial charge in [0.25, 0.3) is 0 Å². The number of nitrogens with zero attached hydrogens (tertiary/aromatic N) is 1. The van der Waals surface area contributed by atoms with Gasteiger partial charge in [0, 0.05) is 24.8 Å². The summed E-state index contributed by atoms with van der Waals surface area (Å²) < 4.78 is 0.583. The molecule has 0 bridgehead atoms. The third-order valence-electron chi connectivity index (χ3n) is 3.23. The van der Waals surface area contributed by atoms with Crippen LogP contribution in [0, 0.1) is 5.92 Å². The predicted octanol–water partition coefficient (Wildman–Crippen LogP) is 4.07. The van der Waals surface area contributed by atoms with Crippen LogP contribution in [-0.2, 0) is 0 Å². The molecule has 2 fully saturated rings. The Morgan fingerprint density at radius 3 is 2.31 bits per heavy atom. The van der Waals surface area contributed by atoms with Gasteiger partial charge in [-0.2, -0.15) is 0 Å². The van der Waals surface area contributed by atoms with Crippen LogP contribution in [0.4, 0.5) is 0 Å². The first kappa shape index (κ1) is 13.3. The highest BCUT2D eigenvalue weighted by atomic mass is 35.5. The monoisotopic (exact) mass is 297 g/mol. The maximum atomic E-state index is 6.00. The molecule has 5 heteroatoms. The molecular weight excluding hydrogens is 281 g/mol. The van der Waals surface area contributed by atoms with Crippen LogP contribution in [0.5, 0.6) is 0 Å². The van der Waals surface area contributed by atoms with Crippen molar-refractivity contribution < 1.29 is 0 Å². The van der Waals surface area contributed by atoms with Gasteiger partial charge in [0.15, 0.2) is 0 Å². The van der Waals surface area contributed by atoms with Crippen molar-refractivity contribution in [1.82, 2.24) is 4.90 Å². The summed E-state index contributed by atoms with van der Waals surface area (Å²) in [7, 11) is 0. The number of thiocarbonyl (C=S) groups is 1. The van der Waals surface area contributed by atoms with E-state index in [2.05, 4.69) is 4.90 Å². The fraction of sp³-hybridized carbons (Fsp3) is 0.909. The molecule has 92 valence electrons. The van der Waals surface area contributed by atoms with E-state index in [0.29, 0.717) is 5.92 Å². The minimum Gasteiger partial charge on any atom is -0.358 e. The van der Waals surface area contributed by atoms with Crippen molar-refractivity contribution in [3.05, 3.63) is 0 Å². The van der Waals surface area contributed by atoms with Gasteiger partial charge < -0.3 is 4.90 Å². The Hall–Kier alpha value is 0.820. The van der Waals surface area contributed by atoms with Gasteiger partial charge >= 0.3 is 0 Å². The minimum absolute atomic E-state index is 0.436. The molecule has 1 saturated heterocycles. The van der Waals surface area contributed by atoms with Crippen LogP contribution >= 0.6 is 47.2 Å². The third kappa shape index (κ3) is 3.66. The van der Waals surface area contributed by atoms with Gasteiger partial charge in [-0.3, -0.25) is 0 Å². The first-order valence-electron chi connectivity index (χ1n) is 5.89. The topological polar surface area (TPSA) is 3.24 Å². The van der Waals surface area contributed by atoms with Crippen LogP contribution in [0.25, 0.3) is 0 Å². The maximum absolute atomic E-state index is 6.00. The maximum Gasteiger partial charge on any atom is 0.136 e. The van der Waals surface area contributed by atoms with Crippen LogP contribution in [0.15, 0.2) is 0 Å². The highest BCUT2D eigenvalue weighted by Crippen LogP contribution is 2.54. The molecule has 1 saturated carbocycles. The van der Waals surface area contributed by atoms with Crippen molar-refractivity contribution >= 4 is 51.5 Å². The molecule has 0 radical (unpaired) electrons. The molecule has 1 aliphatic carbocycles. The molecule has 0 aromatic rings. The summed E-state index contributed by atoms with van der Waals surface area (Å²) in [6, 6.07) is 0. The van der Waals surface area contributed by atoms with Crippen molar-refractivity contribution in [1.29, 1.82) is 0 Å². The van der Waals surface area contributed by atoms with Crippen molar-refractivity contribution in [3.8, 4) is 0 Å². The molecule has 1 nitrogen and oxygen atoms in total. The number of hydrogen-bond donors (Lipinski definition) is 0. The Kier molecular flexibility index (Phi) is 4.67. The standard InChI is InChI=1S/C11H17Cl2NS2/c12-11(13)7-9(11)8-16-10(15)14-5-3-1-2-4-6-14/h9H,1-8H2. The highest BCUT2D eigenvalue weighted by Gasteiger charge is 2.51. The van der Waals surface area contributed by atoms with E-state index in [-0.39, 0.29) is 0 Å². The zero-order chi connectivity index (χ0) is 11.6. The lowest BCUT2D eigenvalue weighted by Crippen LogP contribution is -2.28. The van der Waals surface area contributed by atoms with Crippen LogP contribution in [0.3, 0.4) is 0 Å². The van der Waals surface area contributed by atoms with Gasteiger partial charge in [-0.1, -0.05) is 36.8 Å². The Morgan fingerprint density at radius 1 is 1.25 bits per heavy atom. The Balaban J connectivity index is 1.70. The Bertz CT molecular complexity index is 263. The zero-order valence-electron chi connectivity index (χ0n) is 9.25. The van der Waals surface area contributed by atoms with Gasteiger partial charge in [0.05, 0.1) is 0 Å². The van der Waals surface area contributed by atoms with Crippen molar-refractivity contribution in [2.24, 2.45) is 5.92 Å². The number of thioether (sulfide) groups is 1. The van der Waals surface area contributed by atoms with E-state index in [1.165, 1.54) is 25.7 Å². The summed E-state index contributed by atoms with van der Waals surface area (Å²) in [5.74, 6) is 1.41. The highest BCUT2D eigenvalue weighted by molar-refractivity contribution is 8.22. The molecule has 1 unspecified atom stereocenters. The lowest BCUT2D eigenvalue weighted by Gasteiger charge is -2.22. The predicted molar refractivity (Wildman–Crippen MR) is 77.6 cm³/mol. The van der Waals surface area contributed by atoms with Crippen LogP contribution < -0.4 is 0 Å². The molecule has 2 rings (SSSR count). The summed E-state index contributed by atoms with van der Waals surface area (Å²) in [6.07, 6.45) is 6.17. The molecule has 0 spiro atoms. The van der Waals surface area contributed by atoms with Crippen molar-refractivity contribution in [2.45, 2.75) is 36.4 Å². The van der Waals surface area contributed by atoms with E-state index in [4.69, 9.17) is 35.4 Å². The van der Waals surface area contributed by atoms with Gasteiger partial charge in [0.2, 0.25) is 0 Å². The summed E-state index contributed by atoms with van der Waals surface area (Å²) >= 11 is 19.2. The smallest absolute Gasteiger partial charge is 0.136 e. The zero-order valence-corrected chi connectivity index (χ0v) is 12.4. The quantitative estimate of drug-likeness (QED) is 0.559. The molecule has 0 aromatic carbocycles. The minimum atomic E-state index is -0.457. The van der Waals surface area contributed by atoms with Crippen LogP contribution in [0.1, 0.15) is 32.1 Å². The molecule has 0 N–H and O–H groups in total. The van der Waals surface area contributed by atoms with Gasteiger partial charge in [-0.15, -0.1) is 23.2 Å². The lowest BCUT2D eigenvalue weighted by molar-refractivity contribution is 0.450. The van der Waals surface area contributed by atoms with Gasteiger partial charge in [-0.05, 0) is 19.3 Å². The number of alkyl halides is 2.